The molecule has 1 N–H and O–H groups in total. The lowest BCUT2D eigenvalue weighted by atomic mass is 10.1. The molecule has 0 saturated heterocycles. The summed E-state index contributed by atoms with van der Waals surface area (Å²) in [6, 6.07) is 14.8. The molecule has 5 nitrogen and oxygen atoms in total. The molecule has 0 heterocycles. The number of benzene rings is 2. The highest BCUT2D eigenvalue weighted by atomic mass is 35.5. The van der Waals surface area contributed by atoms with Crippen LogP contribution in [0, 0.1) is 0 Å². The number of methoxy groups -OCH3 is 1. The van der Waals surface area contributed by atoms with E-state index in [0.29, 0.717) is 29.5 Å². The summed E-state index contributed by atoms with van der Waals surface area (Å²) in [6.45, 7) is 6.30. The van der Waals surface area contributed by atoms with Gasteiger partial charge in [0.05, 0.1) is 12.9 Å². The number of ether oxygens (including phenoxy) is 1. The molecule has 0 unspecified atom stereocenters. The van der Waals surface area contributed by atoms with Crippen LogP contribution in [-0.2, 0) is 21.9 Å². The van der Waals surface area contributed by atoms with E-state index in [2.05, 4.69) is 5.32 Å². The highest BCUT2D eigenvalue weighted by Gasteiger charge is 2.29. The maximum Gasteiger partial charge on any atom is 0.243 e. The van der Waals surface area contributed by atoms with Gasteiger partial charge in [-0.2, -0.15) is 0 Å². The zero-order chi connectivity index (χ0) is 23.5. The molecular weight excluding hydrogens is 444 g/mol. The Morgan fingerprint density at radius 1 is 1.03 bits per heavy atom. The summed E-state index contributed by atoms with van der Waals surface area (Å²) in [7, 11) is 1.64. The van der Waals surface area contributed by atoms with Crippen molar-refractivity contribution in [1.82, 2.24) is 10.2 Å². The molecule has 0 spiro atoms. The number of halogens is 1. The van der Waals surface area contributed by atoms with Crippen LogP contribution < -0.4 is 10.1 Å². The molecule has 2 aromatic carbocycles. The van der Waals surface area contributed by atoms with Crippen molar-refractivity contribution in [2.24, 2.45) is 0 Å². The number of hydrogen-bond donors (Lipinski definition) is 1. The number of carbonyl (C=O) groups excluding carboxylic acids is 2. The minimum atomic E-state index is -0.520. The fourth-order valence-corrected chi connectivity index (χ4v) is 4.20. The van der Waals surface area contributed by atoms with Crippen molar-refractivity contribution in [3.8, 4) is 5.75 Å². The van der Waals surface area contributed by atoms with Gasteiger partial charge in [0.15, 0.2) is 0 Å². The van der Waals surface area contributed by atoms with E-state index in [0.717, 1.165) is 23.3 Å². The zero-order valence-electron chi connectivity index (χ0n) is 19.3. The molecule has 2 amide bonds. The Labute approximate surface area is 200 Å². The van der Waals surface area contributed by atoms with Crippen molar-refractivity contribution in [2.75, 3.05) is 12.9 Å². The lowest BCUT2D eigenvalue weighted by molar-refractivity contribution is -0.139. The molecule has 0 fully saturated rings. The van der Waals surface area contributed by atoms with Gasteiger partial charge in [0, 0.05) is 23.4 Å². The fraction of sp³-hybridized carbons (Fsp3) is 0.440. The molecule has 7 heteroatoms. The standard InChI is InChI=1S/C25H33ClN2O3S/c1-5-18(3)27-25(30)23(6-2)28(15-19-7-11-21(26)12-8-19)24(29)17-32-16-20-9-13-22(31-4)14-10-20/h7-14,18,23H,5-6,15-17H2,1-4H3,(H,27,30)/t18-,23-/m0/s1. The summed E-state index contributed by atoms with van der Waals surface area (Å²) >= 11 is 7.56. The molecule has 0 saturated carbocycles. The second-order valence-electron chi connectivity index (χ2n) is 7.73. The molecule has 0 aliphatic heterocycles. The van der Waals surface area contributed by atoms with Crippen molar-refractivity contribution in [2.45, 2.75) is 58.0 Å². The molecule has 0 aliphatic rings. The molecule has 0 aromatic heterocycles. The molecule has 2 aromatic rings. The van der Waals surface area contributed by atoms with E-state index in [4.69, 9.17) is 16.3 Å². The molecule has 2 atom stereocenters. The number of thioether (sulfide) groups is 1. The van der Waals surface area contributed by atoms with Gasteiger partial charge < -0.3 is 15.0 Å². The minimum absolute atomic E-state index is 0.0513. The predicted octanol–water partition coefficient (Wildman–Crippen LogP) is 5.30. The largest absolute Gasteiger partial charge is 0.497 e. The molecule has 0 bridgehead atoms. The third-order valence-corrected chi connectivity index (χ3v) is 6.55. The van der Waals surface area contributed by atoms with Crippen LogP contribution in [0.2, 0.25) is 5.02 Å². The normalized spacial score (nSPS) is 12.7. The zero-order valence-corrected chi connectivity index (χ0v) is 20.8. The van der Waals surface area contributed by atoms with Gasteiger partial charge in [-0.05, 0) is 55.2 Å². The maximum atomic E-state index is 13.2. The van der Waals surface area contributed by atoms with Crippen molar-refractivity contribution in [1.29, 1.82) is 0 Å². The Balaban J connectivity index is 2.10. The van der Waals surface area contributed by atoms with Crippen LogP contribution in [0.1, 0.15) is 44.7 Å². The first-order valence-electron chi connectivity index (χ1n) is 10.9. The average molecular weight is 477 g/mol. The first-order valence-corrected chi connectivity index (χ1v) is 12.5. The van der Waals surface area contributed by atoms with E-state index >= 15 is 0 Å². The van der Waals surface area contributed by atoms with Gasteiger partial charge in [0.1, 0.15) is 11.8 Å². The highest BCUT2D eigenvalue weighted by molar-refractivity contribution is 7.99. The van der Waals surface area contributed by atoms with E-state index in [1.54, 1.807) is 35.9 Å². The third-order valence-electron chi connectivity index (χ3n) is 5.31. The second-order valence-corrected chi connectivity index (χ2v) is 9.15. The summed E-state index contributed by atoms with van der Waals surface area (Å²) < 4.78 is 5.19. The van der Waals surface area contributed by atoms with Gasteiger partial charge in [0.2, 0.25) is 11.8 Å². The molecule has 0 aliphatic carbocycles. The van der Waals surface area contributed by atoms with E-state index in [1.807, 2.05) is 57.2 Å². The van der Waals surface area contributed by atoms with Crippen molar-refractivity contribution >= 4 is 35.2 Å². The summed E-state index contributed by atoms with van der Waals surface area (Å²) in [5, 5.41) is 3.67. The van der Waals surface area contributed by atoms with Crippen LogP contribution in [0.15, 0.2) is 48.5 Å². The number of carbonyl (C=O) groups is 2. The van der Waals surface area contributed by atoms with E-state index in [1.165, 1.54) is 0 Å². The summed E-state index contributed by atoms with van der Waals surface area (Å²) in [4.78, 5) is 27.9. The Kier molecular flexibility index (Phi) is 10.9. The van der Waals surface area contributed by atoms with Crippen molar-refractivity contribution < 1.29 is 14.3 Å². The molecular formula is C25H33ClN2O3S. The second kappa shape index (κ2) is 13.4. The molecule has 2 rings (SSSR count). The van der Waals surface area contributed by atoms with E-state index < -0.39 is 6.04 Å². The summed E-state index contributed by atoms with van der Waals surface area (Å²) in [5.74, 6) is 1.66. The Bertz CT molecular complexity index is 858. The van der Waals surface area contributed by atoms with Crippen LogP contribution in [0.5, 0.6) is 5.75 Å². The molecule has 0 radical (unpaired) electrons. The van der Waals surface area contributed by atoms with Gasteiger partial charge in [-0.1, -0.05) is 49.7 Å². The first-order chi connectivity index (χ1) is 15.4. The third kappa shape index (κ3) is 8.06. The number of amides is 2. The lowest BCUT2D eigenvalue weighted by Crippen LogP contribution is -2.51. The van der Waals surface area contributed by atoms with E-state index in [9.17, 15) is 9.59 Å². The van der Waals surface area contributed by atoms with Gasteiger partial charge in [0.25, 0.3) is 0 Å². The van der Waals surface area contributed by atoms with Crippen molar-refractivity contribution in [3.63, 3.8) is 0 Å². The van der Waals surface area contributed by atoms with Crippen LogP contribution in [0.25, 0.3) is 0 Å². The maximum absolute atomic E-state index is 13.2. The number of nitrogens with zero attached hydrogens (tertiary/aromatic N) is 1. The molecule has 32 heavy (non-hydrogen) atoms. The van der Waals surface area contributed by atoms with Crippen LogP contribution in [0.3, 0.4) is 0 Å². The first kappa shape index (κ1) is 26.1. The van der Waals surface area contributed by atoms with Gasteiger partial charge >= 0.3 is 0 Å². The number of nitrogens with one attached hydrogen (secondary N) is 1. The Morgan fingerprint density at radius 2 is 1.66 bits per heavy atom. The predicted molar refractivity (Wildman–Crippen MR) is 133 cm³/mol. The minimum Gasteiger partial charge on any atom is -0.497 e. The highest BCUT2D eigenvalue weighted by Crippen LogP contribution is 2.20. The monoisotopic (exact) mass is 476 g/mol. The number of rotatable bonds is 12. The van der Waals surface area contributed by atoms with Gasteiger partial charge in [-0.15, -0.1) is 11.8 Å². The summed E-state index contributed by atoms with van der Waals surface area (Å²) in [5.41, 5.74) is 2.06. The quantitative estimate of drug-likeness (QED) is 0.451. The van der Waals surface area contributed by atoms with Crippen LogP contribution in [0.4, 0.5) is 0 Å². The molecule has 174 valence electrons. The topological polar surface area (TPSA) is 58.6 Å². The lowest BCUT2D eigenvalue weighted by Gasteiger charge is -2.31. The van der Waals surface area contributed by atoms with E-state index in [-0.39, 0.29) is 17.9 Å². The van der Waals surface area contributed by atoms with Crippen LogP contribution in [-0.4, -0.2) is 41.7 Å². The Hall–Kier alpha value is -2.18. The number of hydrogen-bond acceptors (Lipinski definition) is 4. The van der Waals surface area contributed by atoms with Gasteiger partial charge in [-0.25, -0.2) is 0 Å². The SMILES string of the molecule is CC[C@H](C)NC(=O)[C@H](CC)N(Cc1ccc(Cl)cc1)C(=O)CSCc1ccc(OC)cc1. The summed E-state index contributed by atoms with van der Waals surface area (Å²) in [6.07, 6.45) is 1.38. The van der Waals surface area contributed by atoms with Gasteiger partial charge in [-0.3, -0.25) is 9.59 Å². The average Bonchev–Trinajstić information content (AvgIpc) is 2.80. The van der Waals surface area contributed by atoms with Crippen molar-refractivity contribution in [3.05, 3.63) is 64.7 Å². The smallest absolute Gasteiger partial charge is 0.243 e. The van der Waals surface area contributed by atoms with Crippen LogP contribution >= 0.6 is 23.4 Å². The Morgan fingerprint density at radius 3 is 2.22 bits per heavy atom. The fourth-order valence-electron chi connectivity index (χ4n) is 3.21.